The van der Waals surface area contributed by atoms with Crippen LogP contribution in [-0.4, -0.2) is 52.5 Å². The highest BCUT2D eigenvalue weighted by Crippen LogP contribution is 2.48. The topological polar surface area (TPSA) is 122 Å². The van der Waals surface area contributed by atoms with E-state index < -0.39 is 40.3 Å². The Labute approximate surface area is 195 Å². The first kappa shape index (κ1) is 22.0. The van der Waals surface area contributed by atoms with Gasteiger partial charge in [-0.3, -0.25) is 29.9 Å². The molecule has 4 atom stereocenters. The Balaban J connectivity index is 1.65. The lowest BCUT2D eigenvalue weighted by atomic mass is 9.66. The van der Waals surface area contributed by atoms with Crippen LogP contribution >= 0.6 is 0 Å². The molecule has 0 bridgehead atoms. The molecule has 4 amide bonds. The van der Waals surface area contributed by atoms with E-state index in [1.807, 2.05) is 24.8 Å². The number of rotatable bonds is 3. The number of hydrogen-bond acceptors (Lipinski definition) is 7. The third kappa shape index (κ3) is 3.25. The van der Waals surface area contributed by atoms with Crippen LogP contribution in [-0.2, 0) is 27.3 Å². The van der Waals surface area contributed by atoms with Crippen molar-refractivity contribution < 1.29 is 24.0 Å². The van der Waals surface area contributed by atoms with Crippen LogP contribution in [0.1, 0.15) is 25.0 Å². The molecule has 3 aliphatic rings. The van der Waals surface area contributed by atoms with Crippen LogP contribution in [0.4, 0.5) is 16.2 Å². The van der Waals surface area contributed by atoms with Crippen LogP contribution in [0.25, 0.3) is 0 Å². The monoisotopic (exact) mass is 464 g/mol. The largest absolute Gasteiger partial charge is 0.372 e. The summed E-state index contributed by atoms with van der Waals surface area (Å²) in [6.45, 7) is 4.10. The van der Waals surface area contributed by atoms with Crippen LogP contribution in [0.15, 0.2) is 48.5 Å². The fourth-order valence-corrected chi connectivity index (χ4v) is 5.59. The van der Waals surface area contributed by atoms with Crippen molar-refractivity contribution in [3.8, 4) is 0 Å². The Bertz CT molecular complexity index is 1200. The molecule has 0 aliphatic carbocycles. The van der Waals surface area contributed by atoms with Crippen molar-refractivity contribution in [3.63, 3.8) is 0 Å². The van der Waals surface area contributed by atoms with Gasteiger partial charge in [-0.05, 0) is 31.0 Å². The average Bonchev–Trinajstić information content (AvgIpc) is 2.80. The van der Waals surface area contributed by atoms with Crippen LogP contribution < -0.4 is 10.2 Å². The highest BCUT2D eigenvalue weighted by Gasteiger charge is 2.64. The predicted octanol–water partition coefficient (Wildman–Crippen LogP) is 2.40. The fraction of sp³-hybridized carbons (Fsp3) is 0.375. The number of nitro groups is 1. The van der Waals surface area contributed by atoms with Crippen molar-refractivity contribution in [1.82, 2.24) is 10.2 Å². The maximum Gasteiger partial charge on any atom is 0.331 e. The number of nitrogens with zero attached hydrogens (tertiary/aromatic N) is 3. The Morgan fingerprint density at radius 1 is 1.15 bits per heavy atom. The molecule has 176 valence electrons. The second-order valence-corrected chi connectivity index (χ2v) is 9.10. The van der Waals surface area contributed by atoms with Gasteiger partial charge in [0.15, 0.2) is 5.41 Å². The molecule has 2 aromatic carbocycles. The Morgan fingerprint density at radius 2 is 1.88 bits per heavy atom. The molecule has 0 radical (unpaired) electrons. The molecule has 0 aromatic heterocycles. The number of non-ortho nitro benzene ring substituents is 1. The van der Waals surface area contributed by atoms with E-state index in [-0.39, 0.29) is 24.8 Å². The third-order valence-corrected chi connectivity index (χ3v) is 6.92. The fourth-order valence-electron chi connectivity index (χ4n) is 5.59. The molecular weight excluding hydrogens is 440 g/mol. The SMILES string of the molecule is C[C@@H]1CN2c3ccc([N+](=O)[O-])cc3C[C@]3(C(=O)NC(=O)N(Cc4ccccc4)C3=O)[C@@H]2[C@H](C)O1. The molecule has 1 N–H and O–H groups in total. The number of barbiturate groups is 1. The summed E-state index contributed by atoms with van der Waals surface area (Å²) in [6, 6.07) is 12.1. The zero-order valence-corrected chi connectivity index (χ0v) is 18.8. The molecular formula is C24H24N4O6. The van der Waals surface area contributed by atoms with Gasteiger partial charge < -0.3 is 9.64 Å². The molecule has 10 heteroatoms. The summed E-state index contributed by atoms with van der Waals surface area (Å²) < 4.78 is 6.05. The number of morpholine rings is 1. The molecule has 3 heterocycles. The van der Waals surface area contributed by atoms with Crippen LogP contribution in [0.2, 0.25) is 0 Å². The van der Waals surface area contributed by atoms with E-state index in [0.29, 0.717) is 12.1 Å². The number of hydrogen-bond donors (Lipinski definition) is 1. The van der Waals surface area contributed by atoms with Gasteiger partial charge >= 0.3 is 6.03 Å². The standard InChI is InChI=1S/C24H24N4O6/c1-14-12-26-19-9-8-18(28(32)33)10-17(19)11-24(20(26)15(2)34-14)21(29)25-23(31)27(22(24)30)13-16-6-4-3-5-7-16/h3-10,14-15,20H,11-13H2,1-2H3,(H,25,29,31)/t14-,15+,20+,24-/m1/s1. The molecule has 3 aliphatic heterocycles. The predicted molar refractivity (Wildman–Crippen MR) is 121 cm³/mol. The van der Waals surface area contributed by atoms with Crippen molar-refractivity contribution in [2.45, 2.75) is 45.1 Å². The maximum atomic E-state index is 14.1. The number of carbonyl (C=O) groups excluding carboxylic acids is 3. The van der Waals surface area contributed by atoms with E-state index in [9.17, 15) is 24.5 Å². The van der Waals surface area contributed by atoms with Crippen molar-refractivity contribution in [2.75, 3.05) is 11.4 Å². The number of urea groups is 1. The summed E-state index contributed by atoms with van der Waals surface area (Å²) in [4.78, 5) is 54.3. The number of imide groups is 2. The second-order valence-electron chi connectivity index (χ2n) is 9.10. The number of nitrogens with one attached hydrogen (secondary N) is 1. The minimum Gasteiger partial charge on any atom is -0.372 e. The highest BCUT2D eigenvalue weighted by molar-refractivity contribution is 6.20. The van der Waals surface area contributed by atoms with Gasteiger partial charge in [0.1, 0.15) is 0 Å². The van der Waals surface area contributed by atoms with E-state index >= 15 is 0 Å². The summed E-state index contributed by atoms with van der Waals surface area (Å²) in [6.07, 6.45) is -0.766. The molecule has 10 nitrogen and oxygen atoms in total. The van der Waals surface area contributed by atoms with E-state index in [4.69, 9.17) is 4.74 Å². The molecule has 34 heavy (non-hydrogen) atoms. The lowest BCUT2D eigenvalue weighted by molar-refractivity contribution is -0.384. The van der Waals surface area contributed by atoms with Gasteiger partial charge in [-0.2, -0.15) is 0 Å². The zero-order chi connectivity index (χ0) is 24.2. The van der Waals surface area contributed by atoms with Gasteiger partial charge in [0.05, 0.1) is 29.7 Å². The lowest BCUT2D eigenvalue weighted by Gasteiger charge is -2.56. The number of ether oxygens (including phenoxy) is 1. The molecule has 1 spiro atoms. The molecule has 0 unspecified atom stereocenters. The quantitative estimate of drug-likeness (QED) is 0.420. The normalized spacial score (nSPS) is 28.4. The van der Waals surface area contributed by atoms with Gasteiger partial charge in [-0.15, -0.1) is 0 Å². The minimum atomic E-state index is -1.68. The first-order valence-corrected chi connectivity index (χ1v) is 11.1. The molecule has 2 saturated heterocycles. The highest BCUT2D eigenvalue weighted by atomic mass is 16.6. The first-order chi connectivity index (χ1) is 16.2. The minimum absolute atomic E-state index is 0.000687. The van der Waals surface area contributed by atoms with E-state index in [0.717, 1.165) is 16.2 Å². The molecule has 2 aromatic rings. The summed E-state index contributed by atoms with van der Waals surface area (Å²) >= 11 is 0. The Kier molecular flexibility index (Phi) is 5.12. The second kappa shape index (κ2) is 7.91. The van der Waals surface area contributed by atoms with E-state index in [1.165, 1.54) is 12.1 Å². The summed E-state index contributed by atoms with van der Waals surface area (Å²) in [5, 5.41) is 13.8. The summed E-state index contributed by atoms with van der Waals surface area (Å²) in [7, 11) is 0. The molecule has 2 fully saturated rings. The Morgan fingerprint density at radius 3 is 2.59 bits per heavy atom. The summed E-state index contributed by atoms with van der Waals surface area (Å²) in [5.41, 5.74) is 0.188. The van der Waals surface area contributed by atoms with Gasteiger partial charge in [0.2, 0.25) is 11.8 Å². The average molecular weight is 464 g/mol. The number of anilines is 1. The van der Waals surface area contributed by atoms with E-state index in [1.54, 1.807) is 30.3 Å². The van der Waals surface area contributed by atoms with Gasteiger partial charge in [-0.25, -0.2) is 4.79 Å². The van der Waals surface area contributed by atoms with Gasteiger partial charge in [0, 0.05) is 30.8 Å². The number of fused-ring (bicyclic) bond motifs is 4. The number of benzene rings is 2. The maximum absolute atomic E-state index is 14.1. The number of carbonyl (C=O) groups is 3. The van der Waals surface area contributed by atoms with Crippen LogP contribution in [0.5, 0.6) is 0 Å². The van der Waals surface area contributed by atoms with E-state index in [2.05, 4.69) is 5.32 Å². The van der Waals surface area contributed by atoms with Crippen molar-refractivity contribution in [3.05, 3.63) is 69.8 Å². The number of amides is 4. The van der Waals surface area contributed by atoms with Crippen LogP contribution in [0, 0.1) is 15.5 Å². The van der Waals surface area contributed by atoms with Crippen molar-refractivity contribution in [2.24, 2.45) is 5.41 Å². The Hall–Kier alpha value is -3.79. The molecule has 0 saturated carbocycles. The number of nitro benzene ring substituents is 1. The van der Waals surface area contributed by atoms with Crippen molar-refractivity contribution in [1.29, 1.82) is 0 Å². The van der Waals surface area contributed by atoms with Gasteiger partial charge in [-0.1, -0.05) is 30.3 Å². The zero-order valence-electron chi connectivity index (χ0n) is 18.8. The van der Waals surface area contributed by atoms with Crippen LogP contribution in [0.3, 0.4) is 0 Å². The smallest absolute Gasteiger partial charge is 0.331 e. The third-order valence-electron chi connectivity index (χ3n) is 6.92. The van der Waals surface area contributed by atoms with Crippen molar-refractivity contribution >= 4 is 29.2 Å². The molecule has 5 rings (SSSR count). The summed E-state index contributed by atoms with van der Waals surface area (Å²) in [5.74, 6) is -1.33. The van der Waals surface area contributed by atoms with Gasteiger partial charge in [0.25, 0.3) is 5.69 Å². The lowest BCUT2D eigenvalue weighted by Crippen LogP contribution is -2.75. The first-order valence-electron chi connectivity index (χ1n) is 11.1.